The molecule has 98 valence electrons. The van der Waals surface area contributed by atoms with E-state index in [9.17, 15) is 0 Å². The van der Waals surface area contributed by atoms with E-state index < -0.39 is 0 Å². The first-order valence-corrected chi connectivity index (χ1v) is 7.06. The molecule has 3 rings (SSSR count). The van der Waals surface area contributed by atoms with Crippen LogP contribution in [0.4, 0.5) is 0 Å². The zero-order valence-corrected chi connectivity index (χ0v) is 11.3. The lowest BCUT2D eigenvalue weighted by molar-refractivity contribution is 0.422. The summed E-state index contributed by atoms with van der Waals surface area (Å²) in [7, 11) is 0. The van der Waals surface area contributed by atoms with Crippen molar-refractivity contribution in [2.24, 2.45) is 5.92 Å². The number of nitrogens with zero attached hydrogens (tertiary/aromatic N) is 1. The minimum atomic E-state index is 0.284. The maximum Gasteiger partial charge on any atom is 0.0570 e. The lowest BCUT2D eigenvalue weighted by atomic mass is 10.0. The number of aromatic nitrogens is 1. The lowest BCUT2D eigenvalue weighted by Crippen LogP contribution is -2.26. The van der Waals surface area contributed by atoms with Crippen molar-refractivity contribution in [2.75, 3.05) is 0 Å². The summed E-state index contributed by atoms with van der Waals surface area (Å²) in [5.74, 6) is 0.786. The SMILES string of the molecule is CC(NC(c1ccccc1)C1CC1)c1ccccn1. The minimum Gasteiger partial charge on any atom is -0.302 e. The largest absolute Gasteiger partial charge is 0.302 e. The molecule has 0 spiro atoms. The average Bonchev–Trinajstić information content (AvgIpc) is 3.31. The molecule has 1 fully saturated rings. The fourth-order valence-electron chi connectivity index (χ4n) is 2.58. The highest BCUT2D eigenvalue weighted by atomic mass is 15.0. The molecule has 2 aromatic rings. The summed E-state index contributed by atoms with van der Waals surface area (Å²) in [6.45, 7) is 2.20. The first-order chi connectivity index (χ1) is 9.34. The molecule has 1 saturated carbocycles. The van der Waals surface area contributed by atoms with Gasteiger partial charge in [-0.25, -0.2) is 0 Å². The molecule has 2 unspecified atom stereocenters. The summed E-state index contributed by atoms with van der Waals surface area (Å²) >= 11 is 0. The van der Waals surface area contributed by atoms with Gasteiger partial charge in [-0.2, -0.15) is 0 Å². The molecular weight excluding hydrogens is 232 g/mol. The van der Waals surface area contributed by atoms with Crippen molar-refractivity contribution in [1.29, 1.82) is 0 Å². The molecule has 1 aliphatic carbocycles. The van der Waals surface area contributed by atoms with Crippen molar-refractivity contribution in [3.63, 3.8) is 0 Å². The van der Waals surface area contributed by atoms with Gasteiger partial charge in [0.15, 0.2) is 0 Å². The van der Waals surface area contributed by atoms with Gasteiger partial charge in [-0.15, -0.1) is 0 Å². The average molecular weight is 252 g/mol. The Hall–Kier alpha value is -1.67. The zero-order valence-electron chi connectivity index (χ0n) is 11.3. The van der Waals surface area contributed by atoms with Gasteiger partial charge in [0.05, 0.1) is 5.69 Å². The number of benzene rings is 1. The van der Waals surface area contributed by atoms with Crippen molar-refractivity contribution in [2.45, 2.75) is 31.8 Å². The topological polar surface area (TPSA) is 24.9 Å². The second kappa shape index (κ2) is 5.54. The van der Waals surface area contributed by atoms with Crippen molar-refractivity contribution < 1.29 is 0 Å². The van der Waals surface area contributed by atoms with Crippen LogP contribution in [0.3, 0.4) is 0 Å². The Morgan fingerprint density at radius 1 is 1.05 bits per heavy atom. The molecule has 2 heteroatoms. The van der Waals surface area contributed by atoms with Gasteiger partial charge in [-0.1, -0.05) is 36.4 Å². The molecule has 0 bridgehead atoms. The van der Waals surface area contributed by atoms with Crippen LogP contribution in [-0.2, 0) is 0 Å². The van der Waals surface area contributed by atoms with Gasteiger partial charge in [0.1, 0.15) is 0 Å². The summed E-state index contributed by atoms with van der Waals surface area (Å²) in [5.41, 5.74) is 2.51. The maximum atomic E-state index is 4.44. The fourth-order valence-corrected chi connectivity index (χ4v) is 2.58. The Bertz CT molecular complexity index is 505. The Morgan fingerprint density at radius 3 is 2.42 bits per heavy atom. The summed E-state index contributed by atoms with van der Waals surface area (Å²) in [6, 6.07) is 17.6. The number of rotatable bonds is 5. The van der Waals surface area contributed by atoms with Crippen LogP contribution in [0.25, 0.3) is 0 Å². The van der Waals surface area contributed by atoms with Gasteiger partial charge < -0.3 is 5.32 Å². The van der Waals surface area contributed by atoms with Crippen LogP contribution in [0.5, 0.6) is 0 Å². The number of nitrogens with one attached hydrogen (secondary N) is 1. The molecule has 1 aromatic heterocycles. The highest BCUT2D eigenvalue weighted by Gasteiger charge is 2.33. The van der Waals surface area contributed by atoms with Gasteiger partial charge in [0.2, 0.25) is 0 Å². The standard InChI is InChI=1S/C17H20N2/c1-13(16-9-5-6-12-18-16)19-17(15-10-11-15)14-7-3-2-4-8-14/h2-9,12-13,15,17,19H,10-11H2,1H3. The van der Waals surface area contributed by atoms with E-state index in [0.29, 0.717) is 6.04 Å². The second-order valence-electron chi connectivity index (χ2n) is 5.37. The molecule has 0 radical (unpaired) electrons. The summed E-state index contributed by atoms with van der Waals surface area (Å²) in [6.07, 6.45) is 4.53. The third-order valence-electron chi connectivity index (χ3n) is 3.81. The molecule has 0 aliphatic heterocycles. The van der Waals surface area contributed by atoms with Crippen LogP contribution in [0, 0.1) is 5.92 Å². The Kier molecular flexibility index (Phi) is 3.60. The van der Waals surface area contributed by atoms with E-state index in [2.05, 4.69) is 59.7 Å². The normalized spacial score (nSPS) is 17.9. The van der Waals surface area contributed by atoms with Crippen molar-refractivity contribution >= 4 is 0 Å². The Balaban J connectivity index is 1.76. The highest BCUT2D eigenvalue weighted by Crippen LogP contribution is 2.41. The van der Waals surface area contributed by atoms with Crippen LogP contribution < -0.4 is 5.32 Å². The molecule has 1 heterocycles. The number of hydrogen-bond acceptors (Lipinski definition) is 2. The predicted molar refractivity (Wildman–Crippen MR) is 77.7 cm³/mol. The molecular formula is C17H20N2. The number of hydrogen-bond donors (Lipinski definition) is 1. The van der Waals surface area contributed by atoms with Crippen molar-refractivity contribution in [3.05, 3.63) is 66.0 Å². The quantitative estimate of drug-likeness (QED) is 0.873. The fraction of sp³-hybridized carbons (Fsp3) is 0.353. The molecule has 0 saturated heterocycles. The van der Waals surface area contributed by atoms with Gasteiger partial charge in [-0.3, -0.25) is 4.98 Å². The molecule has 1 aromatic carbocycles. The molecule has 0 amide bonds. The Morgan fingerprint density at radius 2 is 1.79 bits per heavy atom. The molecule has 2 nitrogen and oxygen atoms in total. The van der Waals surface area contributed by atoms with Gasteiger partial charge >= 0.3 is 0 Å². The molecule has 2 atom stereocenters. The van der Waals surface area contributed by atoms with E-state index in [4.69, 9.17) is 0 Å². The highest BCUT2D eigenvalue weighted by molar-refractivity contribution is 5.22. The lowest BCUT2D eigenvalue weighted by Gasteiger charge is -2.23. The van der Waals surface area contributed by atoms with E-state index in [0.717, 1.165) is 11.6 Å². The van der Waals surface area contributed by atoms with Crippen LogP contribution in [0.1, 0.15) is 43.1 Å². The molecule has 1 aliphatic rings. The minimum absolute atomic E-state index is 0.284. The molecule has 19 heavy (non-hydrogen) atoms. The summed E-state index contributed by atoms with van der Waals surface area (Å²) in [5, 5.41) is 3.75. The second-order valence-corrected chi connectivity index (χ2v) is 5.37. The van der Waals surface area contributed by atoms with Crippen LogP contribution in [-0.4, -0.2) is 4.98 Å². The van der Waals surface area contributed by atoms with Crippen molar-refractivity contribution in [3.8, 4) is 0 Å². The summed E-state index contributed by atoms with van der Waals surface area (Å²) < 4.78 is 0. The van der Waals surface area contributed by atoms with Gasteiger partial charge in [-0.05, 0) is 43.4 Å². The van der Waals surface area contributed by atoms with Crippen LogP contribution in [0.15, 0.2) is 54.7 Å². The maximum absolute atomic E-state index is 4.44. The van der Waals surface area contributed by atoms with E-state index in [1.165, 1.54) is 18.4 Å². The first kappa shape index (κ1) is 12.4. The van der Waals surface area contributed by atoms with E-state index in [1.807, 2.05) is 12.3 Å². The van der Waals surface area contributed by atoms with Gasteiger partial charge in [0.25, 0.3) is 0 Å². The van der Waals surface area contributed by atoms with Crippen LogP contribution >= 0.6 is 0 Å². The predicted octanol–water partition coefficient (Wildman–Crippen LogP) is 3.88. The Labute approximate surface area is 114 Å². The smallest absolute Gasteiger partial charge is 0.0570 e. The first-order valence-electron chi connectivity index (χ1n) is 7.06. The van der Waals surface area contributed by atoms with E-state index in [1.54, 1.807) is 0 Å². The number of pyridine rings is 1. The van der Waals surface area contributed by atoms with Crippen molar-refractivity contribution in [1.82, 2.24) is 10.3 Å². The van der Waals surface area contributed by atoms with E-state index in [-0.39, 0.29) is 6.04 Å². The third-order valence-corrected chi connectivity index (χ3v) is 3.81. The summed E-state index contributed by atoms with van der Waals surface area (Å²) in [4.78, 5) is 4.44. The molecule has 1 N–H and O–H groups in total. The van der Waals surface area contributed by atoms with Gasteiger partial charge in [0, 0.05) is 18.3 Å². The van der Waals surface area contributed by atoms with Crippen LogP contribution in [0.2, 0.25) is 0 Å². The van der Waals surface area contributed by atoms with E-state index >= 15 is 0 Å². The zero-order chi connectivity index (χ0) is 13.1. The third kappa shape index (κ3) is 3.02. The monoisotopic (exact) mass is 252 g/mol.